The molecule has 16 heavy (non-hydrogen) atoms. The van der Waals surface area contributed by atoms with E-state index < -0.39 is 17.6 Å². The fraction of sp³-hybridized carbons (Fsp3) is 0.273. The first-order chi connectivity index (χ1) is 7.49. The maximum Gasteiger partial charge on any atom is 0.379 e. The zero-order chi connectivity index (χ0) is 12.3. The van der Waals surface area contributed by atoms with Crippen molar-refractivity contribution in [3.05, 3.63) is 34.1 Å². The van der Waals surface area contributed by atoms with Gasteiger partial charge < -0.3 is 4.74 Å². The van der Waals surface area contributed by atoms with E-state index in [0.717, 1.165) is 0 Å². The molecule has 0 aliphatic rings. The van der Waals surface area contributed by atoms with E-state index in [4.69, 9.17) is 11.6 Å². The Morgan fingerprint density at radius 3 is 2.62 bits per heavy atom. The molecule has 0 aliphatic heterocycles. The number of halogens is 2. The lowest BCUT2D eigenvalue weighted by atomic mass is 10.1. The second kappa shape index (κ2) is 5.07. The third-order valence-electron chi connectivity index (χ3n) is 1.98. The molecular weight excluding hydrogens is 235 g/mol. The maximum absolute atomic E-state index is 13.6. The number of Topliss-reactive ketones (excluding diaryl/α,β-unsaturated/α-hetero) is 1. The van der Waals surface area contributed by atoms with Gasteiger partial charge in [0, 0.05) is 0 Å². The van der Waals surface area contributed by atoms with E-state index in [2.05, 4.69) is 4.74 Å². The van der Waals surface area contributed by atoms with Crippen LogP contribution in [0.3, 0.4) is 0 Å². The average molecular weight is 245 g/mol. The van der Waals surface area contributed by atoms with Crippen molar-refractivity contribution in [2.75, 3.05) is 6.61 Å². The fourth-order valence-corrected chi connectivity index (χ4v) is 1.29. The SMILES string of the molecule is CCOC(=O)C(=O)c1ccc(C)c(Cl)c1F. The first-order valence-electron chi connectivity index (χ1n) is 4.65. The maximum atomic E-state index is 13.6. The van der Waals surface area contributed by atoms with E-state index in [-0.39, 0.29) is 17.2 Å². The topological polar surface area (TPSA) is 43.4 Å². The molecule has 1 aromatic carbocycles. The van der Waals surface area contributed by atoms with Gasteiger partial charge in [-0.3, -0.25) is 4.79 Å². The van der Waals surface area contributed by atoms with Crippen LogP contribution in [0, 0.1) is 12.7 Å². The summed E-state index contributed by atoms with van der Waals surface area (Å²) in [5.41, 5.74) is 0.133. The van der Waals surface area contributed by atoms with Crippen LogP contribution in [0.15, 0.2) is 12.1 Å². The van der Waals surface area contributed by atoms with Crippen molar-refractivity contribution in [3.63, 3.8) is 0 Å². The Hall–Kier alpha value is -1.42. The third-order valence-corrected chi connectivity index (χ3v) is 2.44. The first-order valence-corrected chi connectivity index (χ1v) is 5.02. The van der Waals surface area contributed by atoms with Gasteiger partial charge in [0.2, 0.25) is 0 Å². The molecule has 0 atom stereocenters. The molecule has 86 valence electrons. The molecule has 0 saturated heterocycles. The fourth-order valence-electron chi connectivity index (χ4n) is 1.13. The molecule has 3 nitrogen and oxygen atoms in total. The van der Waals surface area contributed by atoms with Crippen LogP contribution in [0.1, 0.15) is 22.8 Å². The highest BCUT2D eigenvalue weighted by Crippen LogP contribution is 2.22. The van der Waals surface area contributed by atoms with Crippen LogP contribution in [0.2, 0.25) is 5.02 Å². The smallest absolute Gasteiger partial charge is 0.379 e. The highest BCUT2D eigenvalue weighted by atomic mass is 35.5. The predicted molar refractivity (Wildman–Crippen MR) is 57.1 cm³/mol. The van der Waals surface area contributed by atoms with Crippen molar-refractivity contribution in [2.24, 2.45) is 0 Å². The van der Waals surface area contributed by atoms with Crippen molar-refractivity contribution in [2.45, 2.75) is 13.8 Å². The summed E-state index contributed by atoms with van der Waals surface area (Å²) in [6.45, 7) is 3.22. The summed E-state index contributed by atoms with van der Waals surface area (Å²) < 4.78 is 18.0. The van der Waals surface area contributed by atoms with Crippen molar-refractivity contribution in [1.29, 1.82) is 0 Å². The van der Waals surface area contributed by atoms with Crippen LogP contribution in [-0.4, -0.2) is 18.4 Å². The number of hydrogen-bond donors (Lipinski definition) is 0. The minimum atomic E-state index is -1.08. The van der Waals surface area contributed by atoms with E-state index in [1.54, 1.807) is 13.8 Å². The minimum Gasteiger partial charge on any atom is -0.460 e. The van der Waals surface area contributed by atoms with E-state index >= 15 is 0 Å². The number of ketones is 1. The van der Waals surface area contributed by atoms with Gasteiger partial charge in [-0.2, -0.15) is 0 Å². The molecule has 0 aromatic heterocycles. The number of ether oxygens (including phenoxy) is 1. The van der Waals surface area contributed by atoms with Crippen LogP contribution in [0.4, 0.5) is 4.39 Å². The standard InChI is InChI=1S/C11H10ClFO3/c1-3-16-11(15)10(14)7-5-4-6(2)8(12)9(7)13/h4-5H,3H2,1-2H3. The van der Waals surface area contributed by atoms with Crippen molar-refractivity contribution < 1.29 is 18.7 Å². The molecule has 0 heterocycles. The quantitative estimate of drug-likeness (QED) is 0.466. The van der Waals surface area contributed by atoms with E-state index in [1.807, 2.05) is 0 Å². The molecule has 0 fully saturated rings. The third kappa shape index (κ3) is 2.39. The van der Waals surface area contributed by atoms with E-state index in [1.165, 1.54) is 12.1 Å². The summed E-state index contributed by atoms with van der Waals surface area (Å²) in [6.07, 6.45) is 0. The zero-order valence-electron chi connectivity index (χ0n) is 8.84. The van der Waals surface area contributed by atoms with E-state index in [0.29, 0.717) is 5.56 Å². The minimum absolute atomic E-state index is 0.0613. The van der Waals surface area contributed by atoms with E-state index in [9.17, 15) is 14.0 Å². The number of carbonyl (C=O) groups excluding carboxylic acids is 2. The van der Waals surface area contributed by atoms with Gasteiger partial charge >= 0.3 is 5.97 Å². The summed E-state index contributed by atoms with van der Waals surface area (Å²) in [6, 6.07) is 2.69. The number of benzene rings is 1. The van der Waals surface area contributed by atoms with Gasteiger partial charge in [-0.25, -0.2) is 9.18 Å². The van der Waals surface area contributed by atoms with Crippen molar-refractivity contribution >= 4 is 23.4 Å². The monoisotopic (exact) mass is 244 g/mol. The van der Waals surface area contributed by atoms with Gasteiger partial charge in [0.25, 0.3) is 5.78 Å². The van der Waals surface area contributed by atoms with Gasteiger partial charge in [-0.15, -0.1) is 0 Å². The molecule has 0 unspecified atom stereocenters. The Balaban J connectivity index is 3.10. The summed E-state index contributed by atoms with van der Waals surface area (Å²) in [7, 11) is 0. The second-order valence-corrected chi connectivity index (χ2v) is 3.49. The second-order valence-electron chi connectivity index (χ2n) is 3.11. The van der Waals surface area contributed by atoms with Gasteiger partial charge in [-0.05, 0) is 25.5 Å². The lowest BCUT2D eigenvalue weighted by Crippen LogP contribution is -2.19. The molecule has 0 spiro atoms. The normalized spacial score (nSPS) is 10.0. The molecule has 0 radical (unpaired) electrons. The predicted octanol–water partition coefficient (Wildman–Crippen LogP) is 2.53. The molecule has 0 N–H and O–H groups in total. The summed E-state index contributed by atoms with van der Waals surface area (Å²) in [4.78, 5) is 22.6. The number of hydrogen-bond acceptors (Lipinski definition) is 3. The van der Waals surface area contributed by atoms with Gasteiger partial charge in [-0.1, -0.05) is 17.7 Å². The van der Waals surface area contributed by atoms with Gasteiger partial charge in [0.05, 0.1) is 17.2 Å². The Morgan fingerprint density at radius 1 is 1.44 bits per heavy atom. The van der Waals surface area contributed by atoms with Crippen LogP contribution in [0.5, 0.6) is 0 Å². The average Bonchev–Trinajstić information content (AvgIpc) is 2.26. The molecule has 0 bridgehead atoms. The van der Waals surface area contributed by atoms with Crippen LogP contribution in [-0.2, 0) is 9.53 Å². The number of aryl methyl sites for hydroxylation is 1. The largest absolute Gasteiger partial charge is 0.460 e. The molecule has 1 rings (SSSR count). The van der Waals surface area contributed by atoms with Gasteiger partial charge in [0.15, 0.2) is 5.82 Å². The lowest BCUT2D eigenvalue weighted by Gasteiger charge is -2.05. The van der Waals surface area contributed by atoms with Crippen LogP contribution >= 0.6 is 11.6 Å². The summed E-state index contributed by atoms with van der Waals surface area (Å²) in [5, 5.41) is -0.157. The molecule has 5 heteroatoms. The Labute approximate surface area is 97.2 Å². The Morgan fingerprint density at radius 2 is 2.06 bits per heavy atom. The Kier molecular flexibility index (Phi) is 4.01. The Bertz CT molecular complexity index is 443. The molecular formula is C11H10ClFO3. The van der Waals surface area contributed by atoms with Crippen molar-refractivity contribution in [1.82, 2.24) is 0 Å². The van der Waals surface area contributed by atoms with Crippen molar-refractivity contribution in [3.8, 4) is 0 Å². The van der Waals surface area contributed by atoms with Crippen LogP contribution < -0.4 is 0 Å². The molecule has 0 saturated carbocycles. The van der Waals surface area contributed by atoms with Gasteiger partial charge in [0.1, 0.15) is 0 Å². The van der Waals surface area contributed by atoms with Crippen LogP contribution in [0.25, 0.3) is 0 Å². The molecule has 1 aromatic rings. The zero-order valence-corrected chi connectivity index (χ0v) is 9.60. The number of esters is 1. The lowest BCUT2D eigenvalue weighted by molar-refractivity contribution is -0.137. The number of rotatable bonds is 3. The number of carbonyl (C=O) groups is 2. The summed E-state index contributed by atoms with van der Waals surface area (Å²) in [5.74, 6) is -3.00. The molecule has 0 amide bonds. The summed E-state index contributed by atoms with van der Waals surface area (Å²) >= 11 is 5.63. The molecule has 0 aliphatic carbocycles. The highest BCUT2D eigenvalue weighted by Gasteiger charge is 2.23. The highest BCUT2D eigenvalue weighted by molar-refractivity contribution is 6.41. The first kappa shape index (κ1) is 12.6.